The molecule has 3 rings (SSSR count). The zero-order valence-corrected chi connectivity index (χ0v) is 5.14. The summed E-state index contributed by atoms with van der Waals surface area (Å²) in [4.78, 5) is 0. The Hall–Kier alpha value is 0. The van der Waals surface area contributed by atoms with E-state index >= 15 is 0 Å². The van der Waals surface area contributed by atoms with Gasteiger partial charge in [-0.2, -0.15) is 0 Å². The third-order valence-corrected chi connectivity index (χ3v) is 3.62. The van der Waals surface area contributed by atoms with Gasteiger partial charge in [0.05, 0.1) is 0 Å². The molecule has 0 amide bonds. The predicted octanol–water partition coefficient (Wildman–Crippen LogP) is 2.05. The van der Waals surface area contributed by atoms with E-state index in [2.05, 4.69) is 0 Å². The Bertz CT molecular complexity index is 114. The van der Waals surface area contributed by atoms with Crippen LogP contribution in [0.2, 0.25) is 0 Å². The SMILES string of the molecule is C1C[C@H]2C[C@H]1[C@H]1C[C@@H]21. The van der Waals surface area contributed by atoms with Gasteiger partial charge in [-0.1, -0.05) is 0 Å². The van der Waals surface area contributed by atoms with Crippen LogP contribution in [0.4, 0.5) is 0 Å². The van der Waals surface area contributed by atoms with Gasteiger partial charge in [0.25, 0.3) is 0 Å². The van der Waals surface area contributed by atoms with Gasteiger partial charge in [-0.3, -0.25) is 0 Å². The summed E-state index contributed by atoms with van der Waals surface area (Å²) in [5.41, 5.74) is 0. The Labute approximate surface area is 50.3 Å². The Morgan fingerprint density at radius 1 is 0.750 bits per heavy atom. The molecule has 3 aliphatic carbocycles. The summed E-state index contributed by atoms with van der Waals surface area (Å²) in [5, 5.41) is 0. The van der Waals surface area contributed by atoms with Gasteiger partial charge in [-0.05, 0) is 49.4 Å². The van der Waals surface area contributed by atoms with Crippen molar-refractivity contribution in [3.8, 4) is 0 Å². The zero-order valence-electron chi connectivity index (χ0n) is 5.14. The summed E-state index contributed by atoms with van der Waals surface area (Å²) in [5.74, 6) is 4.91. The van der Waals surface area contributed by atoms with Crippen LogP contribution in [-0.4, -0.2) is 0 Å². The second-order valence-electron chi connectivity index (χ2n) is 3.90. The predicted molar refractivity (Wildman–Crippen MR) is 32.4 cm³/mol. The lowest BCUT2D eigenvalue weighted by Gasteiger charge is -2.04. The summed E-state index contributed by atoms with van der Waals surface area (Å²) in [7, 11) is 0. The molecule has 0 aromatic heterocycles. The van der Waals surface area contributed by atoms with Crippen LogP contribution in [0.1, 0.15) is 25.7 Å². The maximum atomic E-state index is 1.62. The molecule has 3 aliphatic rings. The van der Waals surface area contributed by atoms with E-state index in [1.807, 2.05) is 0 Å². The monoisotopic (exact) mass is 108 g/mol. The maximum Gasteiger partial charge on any atom is -0.0352 e. The Morgan fingerprint density at radius 2 is 1.38 bits per heavy atom. The fourth-order valence-electron chi connectivity index (χ4n) is 3.15. The van der Waals surface area contributed by atoms with Crippen LogP contribution in [-0.2, 0) is 0 Å². The molecular formula is C8H12. The molecule has 0 aromatic carbocycles. The van der Waals surface area contributed by atoms with Crippen LogP contribution in [0.15, 0.2) is 0 Å². The lowest BCUT2D eigenvalue weighted by atomic mass is 10.0. The van der Waals surface area contributed by atoms with Crippen molar-refractivity contribution in [2.75, 3.05) is 0 Å². The third kappa shape index (κ3) is 0.284. The Morgan fingerprint density at radius 3 is 1.75 bits per heavy atom. The second-order valence-corrected chi connectivity index (χ2v) is 3.90. The molecule has 44 valence electrons. The maximum absolute atomic E-state index is 1.62. The number of rotatable bonds is 0. The minimum atomic E-state index is 1.21. The van der Waals surface area contributed by atoms with E-state index in [0.29, 0.717) is 0 Å². The molecule has 0 unspecified atom stereocenters. The summed E-state index contributed by atoms with van der Waals surface area (Å²) in [6, 6.07) is 0. The van der Waals surface area contributed by atoms with E-state index in [-0.39, 0.29) is 0 Å². The van der Waals surface area contributed by atoms with Crippen LogP contribution < -0.4 is 0 Å². The third-order valence-electron chi connectivity index (χ3n) is 3.62. The van der Waals surface area contributed by atoms with Crippen molar-refractivity contribution < 1.29 is 0 Å². The lowest BCUT2D eigenvalue weighted by Crippen LogP contribution is -1.95. The molecule has 0 saturated heterocycles. The lowest BCUT2D eigenvalue weighted by molar-refractivity contribution is 0.456. The normalized spacial score (nSPS) is 66.0. The Kier molecular flexibility index (Phi) is 0.482. The van der Waals surface area contributed by atoms with Crippen LogP contribution in [0.5, 0.6) is 0 Å². The van der Waals surface area contributed by atoms with Crippen LogP contribution in [0, 0.1) is 23.7 Å². The van der Waals surface area contributed by atoms with Gasteiger partial charge in [-0.25, -0.2) is 0 Å². The smallest absolute Gasteiger partial charge is 0.0352 e. The highest BCUT2D eigenvalue weighted by molar-refractivity contribution is 5.06. The first-order valence-corrected chi connectivity index (χ1v) is 3.95. The van der Waals surface area contributed by atoms with E-state index in [1.54, 1.807) is 25.7 Å². The van der Waals surface area contributed by atoms with Crippen LogP contribution >= 0.6 is 0 Å². The van der Waals surface area contributed by atoms with Crippen molar-refractivity contribution in [2.45, 2.75) is 25.7 Å². The quantitative estimate of drug-likeness (QED) is 0.445. The van der Waals surface area contributed by atoms with Crippen molar-refractivity contribution in [2.24, 2.45) is 23.7 Å². The van der Waals surface area contributed by atoms with Crippen LogP contribution in [0.25, 0.3) is 0 Å². The van der Waals surface area contributed by atoms with E-state index in [4.69, 9.17) is 0 Å². The van der Waals surface area contributed by atoms with Crippen molar-refractivity contribution in [3.05, 3.63) is 0 Å². The molecule has 0 aliphatic heterocycles. The topological polar surface area (TPSA) is 0 Å². The molecule has 0 nitrogen and oxygen atoms in total. The minimum Gasteiger partial charge on any atom is -0.0499 e. The first-order valence-electron chi connectivity index (χ1n) is 3.95. The highest BCUT2D eigenvalue weighted by atomic mass is 14.6. The second kappa shape index (κ2) is 0.984. The first-order chi connectivity index (χ1) is 3.95. The van der Waals surface area contributed by atoms with E-state index in [0.717, 1.165) is 0 Å². The van der Waals surface area contributed by atoms with Gasteiger partial charge in [0.2, 0.25) is 0 Å². The molecule has 4 atom stereocenters. The summed E-state index contributed by atoms with van der Waals surface area (Å²) in [6.45, 7) is 0. The minimum absolute atomic E-state index is 1.21. The standard InChI is InChI=1S/C8H12/c1-2-6-3-5(1)7-4-8(6)7/h5-8H,1-4H2/t5-,6-,7-,8+/m0/s1. The first kappa shape index (κ1) is 3.92. The molecular weight excluding hydrogens is 96.1 g/mol. The van der Waals surface area contributed by atoms with E-state index in [9.17, 15) is 0 Å². The average Bonchev–Trinajstić information content (AvgIpc) is 2.39. The molecule has 0 N–H and O–H groups in total. The van der Waals surface area contributed by atoms with Gasteiger partial charge >= 0.3 is 0 Å². The van der Waals surface area contributed by atoms with Crippen molar-refractivity contribution >= 4 is 0 Å². The molecule has 0 aromatic rings. The molecule has 0 heteroatoms. The summed E-state index contributed by atoms with van der Waals surface area (Å²) < 4.78 is 0. The van der Waals surface area contributed by atoms with Gasteiger partial charge in [0.1, 0.15) is 0 Å². The number of hydrogen-bond donors (Lipinski definition) is 0. The van der Waals surface area contributed by atoms with E-state index < -0.39 is 0 Å². The molecule has 0 radical (unpaired) electrons. The zero-order chi connectivity index (χ0) is 5.14. The summed E-state index contributed by atoms with van der Waals surface area (Å²) >= 11 is 0. The van der Waals surface area contributed by atoms with Crippen molar-refractivity contribution in [1.82, 2.24) is 0 Å². The highest BCUT2D eigenvalue weighted by Crippen LogP contribution is 2.65. The van der Waals surface area contributed by atoms with Gasteiger partial charge in [0, 0.05) is 0 Å². The molecule has 0 spiro atoms. The fourth-order valence-corrected chi connectivity index (χ4v) is 3.15. The molecule has 3 saturated carbocycles. The van der Waals surface area contributed by atoms with Crippen molar-refractivity contribution in [3.63, 3.8) is 0 Å². The fraction of sp³-hybridized carbons (Fsp3) is 1.00. The number of hydrogen-bond acceptors (Lipinski definition) is 0. The van der Waals surface area contributed by atoms with Crippen LogP contribution in [0.3, 0.4) is 0 Å². The highest BCUT2D eigenvalue weighted by Gasteiger charge is 2.56. The van der Waals surface area contributed by atoms with E-state index in [1.165, 1.54) is 23.7 Å². The van der Waals surface area contributed by atoms with Gasteiger partial charge < -0.3 is 0 Å². The molecule has 2 bridgehead atoms. The Balaban J connectivity index is 2.02. The average molecular weight is 108 g/mol. The van der Waals surface area contributed by atoms with Crippen molar-refractivity contribution in [1.29, 1.82) is 0 Å². The van der Waals surface area contributed by atoms with Gasteiger partial charge in [-0.15, -0.1) is 0 Å². The molecule has 0 heterocycles. The summed E-state index contributed by atoms with van der Waals surface area (Å²) in [6.07, 6.45) is 6.42. The molecule has 3 fully saturated rings. The molecule has 8 heavy (non-hydrogen) atoms. The van der Waals surface area contributed by atoms with Gasteiger partial charge in [0.15, 0.2) is 0 Å². The number of fused-ring (bicyclic) bond motifs is 5. The largest absolute Gasteiger partial charge is 0.0499 e.